The summed E-state index contributed by atoms with van der Waals surface area (Å²) >= 11 is 0. The molecule has 0 aromatic heterocycles. The Morgan fingerprint density at radius 2 is 1.46 bits per heavy atom. The van der Waals surface area contributed by atoms with Crippen LogP contribution in [0.1, 0.15) is 22.8 Å². The SMILES string of the molecule is CCN(c1ccccc1)S(=O)(=O)c1ccc(C(=O)N2CCN(C/C=C/c3ccccc3)CC2)cc1. The zero-order chi connectivity index (χ0) is 24.7. The molecule has 0 atom stereocenters. The highest BCUT2D eigenvalue weighted by atomic mass is 32.2. The van der Waals surface area contributed by atoms with Gasteiger partial charge in [0.05, 0.1) is 10.6 Å². The number of amides is 1. The Bertz CT molecular complexity index is 1240. The summed E-state index contributed by atoms with van der Waals surface area (Å²) < 4.78 is 27.7. The molecule has 0 radical (unpaired) electrons. The molecule has 0 unspecified atom stereocenters. The van der Waals surface area contributed by atoms with E-state index in [9.17, 15) is 13.2 Å². The summed E-state index contributed by atoms with van der Waals surface area (Å²) in [5.74, 6) is -0.0659. The number of carbonyl (C=O) groups is 1. The minimum Gasteiger partial charge on any atom is -0.336 e. The first-order valence-corrected chi connectivity index (χ1v) is 13.3. The Hall–Kier alpha value is -3.42. The van der Waals surface area contributed by atoms with Gasteiger partial charge in [-0.3, -0.25) is 14.0 Å². The number of hydrogen-bond donors (Lipinski definition) is 0. The number of benzene rings is 3. The van der Waals surface area contributed by atoms with Gasteiger partial charge in [-0.15, -0.1) is 0 Å². The van der Waals surface area contributed by atoms with E-state index in [1.165, 1.54) is 22.0 Å². The molecule has 0 aliphatic carbocycles. The predicted molar refractivity (Wildman–Crippen MR) is 141 cm³/mol. The first kappa shape index (κ1) is 24.7. The van der Waals surface area contributed by atoms with E-state index in [0.717, 1.165) is 19.6 Å². The number of piperazine rings is 1. The molecule has 0 spiro atoms. The van der Waals surface area contributed by atoms with Crippen molar-refractivity contribution >= 4 is 27.7 Å². The Balaban J connectivity index is 1.35. The van der Waals surface area contributed by atoms with Gasteiger partial charge in [0.2, 0.25) is 0 Å². The van der Waals surface area contributed by atoms with Gasteiger partial charge in [-0.1, -0.05) is 60.7 Å². The van der Waals surface area contributed by atoms with Gasteiger partial charge in [0.1, 0.15) is 0 Å². The monoisotopic (exact) mass is 489 g/mol. The maximum Gasteiger partial charge on any atom is 0.264 e. The van der Waals surface area contributed by atoms with Crippen LogP contribution in [0.25, 0.3) is 6.08 Å². The fraction of sp³-hybridized carbons (Fsp3) is 0.250. The lowest BCUT2D eigenvalue weighted by Crippen LogP contribution is -2.48. The van der Waals surface area contributed by atoms with E-state index in [4.69, 9.17) is 0 Å². The molecule has 0 N–H and O–H groups in total. The van der Waals surface area contributed by atoms with Gasteiger partial charge < -0.3 is 4.90 Å². The normalized spacial score (nSPS) is 14.8. The number of carbonyl (C=O) groups excluding carboxylic acids is 1. The molecule has 7 heteroatoms. The Labute approximate surface area is 208 Å². The van der Waals surface area contributed by atoms with E-state index < -0.39 is 10.0 Å². The third-order valence-electron chi connectivity index (χ3n) is 6.15. The van der Waals surface area contributed by atoms with Gasteiger partial charge >= 0.3 is 0 Å². The largest absolute Gasteiger partial charge is 0.336 e. The third kappa shape index (κ3) is 5.99. The standard InChI is InChI=1S/C28H31N3O3S/c1-2-31(26-13-7-4-8-14-26)35(33,34)27-17-15-25(16-18-27)28(32)30-22-20-29(21-23-30)19-9-12-24-10-5-3-6-11-24/h3-18H,2,19-23H2,1H3/b12-9+. The van der Waals surface area contributed by atoms with Crippen LogP contribution >= 0.6 is 0 Å². The average Bonchev–Trinajstić information content (AvgIpc) is 2.90. The summed E-state index contributed by atoms with van der Waals surface area (Å²) in [6.07, 6.45) is 4.27. The number of para-hydroxylation sites is 1. The molecule has 35 heavy (non-hydrogen) atoms. The molecule has 1 amide bonds. The molecular formula is C28H31N3O3S. The van der Waals surface area contributed by atoms with Crippen molar-refractivity contribution in [1.29, 1.82) is 0 Å². The van der Waals surface area contributed by atoms with Crippen LogP contribution in [0.4, 0.5) is 5.69 Å². The number of anilines is 1. The zero-order valence-electron chi connectivity index (χ0n) is 20.0. The van der Waals surface area contributed by atoms with Crippen molar-refractivity contribution < 1.29 is 13.2 Å². The molecule has 1 aliphatic heterocycles. The summed E-state index contributed by atoms with van der Waals surface area (Å²) in [5.41, 5.74) is 2.30. The van der Waals surface area contributed by atoms with E-state index in [0.29, 0.717) is 30.9 Å². The van der Waals surface area contributed by atoms with Crippen molar-refractivity contribution in [2.45, 2.75) is 11.8 Å². The van der Waals surface area contributed by atoms with Crippen molar-refractivity contribution in [3.05, 3.63) is 102 Å². The van der Waals surface area contributed by atoms with E-state index >= 15 is 0 Å². The van der Waals surface area contributed by atoms with Crippen molar-refractivity contribution in [2.24, 2.45) is 0 Å². The highest BCUT2D eigenvalue weighted by Crippen LogP contribution is 2.24. The summed E-state index contributed by atoms with van der Waals surface area (Å²) in [6, 6.07) is 25.5. The number of nitrogens with zero attached hydrogens (tertiary/aromatic N) is 3. The Morgan fingerprint density at radius 3 is 2.06 bits per heavy atom. The van der Waals surface area contributed by atoms with Gasteiger partial charge in [0.15, 0.2) is 0 Å². The summed E-state index contributed by atoms with van der Waals surface area (Å²) in [4.78, 5) is 17.3. The molecule has 3 aromatic rings. The molecule has 1 heterocycles. The highest BCUT2D eigenvalue weighted by molar-refractivity contribution is 7.92. The molecular weight excluding hydrogens is 458 g/mol. The van der Waals surface area contributed by atoms with Crippen LogP contribution in [0, 0.1) is 0 Å². The number of hydrogen-bond acceptors (Lipinski definition) is 4. The maximum absolute atomic E-state index is 13.2. The van der Waals surface area contributed by atoms with Crippen molar-refractivity contribution in [2.75, 3.05) is 43.6 Å². The van der Waals surface area contributed by atoms with Crippen LogP contribution in [-0.2, 0) is 10.0 Å². The second-order valence-corrected chi connectivity index (χ2v) is 10.3. The molecule has 1 fully saturated rings. The fourth-order valence-electron chi connectivity index (χ4n) is 4.20. The molecule has 4 rings (SSSR count). The van der Waals surface area contributed by atoms with Crippen molar-refractivity contribution in [3.8, 4) is 0 Å². The zero-order valence-corrected chi connectivity index (χ0v) is 20.8. The second kappa shape index (κ2) is 11.3. The van der Waals surface area contributed by atoms with Crippen molar-refractivity contribution in [3.63, 3.8) is 0 Å². The quantitative estimate of drug-likeness (QED) is 0.471. The van der Waals surface area contributed by atoms with Crippen LogP contribution in [0.15, 0.2) is 95.9 Å². The van der Waals surface area contributed by atoms with Crippen LogP contribution in [0.5, 0.6) is 0 Å². The topological polar surface area (TPSA) is 60.9 Å². The van der Waals surface area contributed by atoms with Crippen molar-refractivity contribution in [1.82, 2.24) is 9.80 Å². The van der Waals surface area contributed by atoms with Crippen LogP contribution in [0.3, 0.4) is 0 Å². The van der Waals surface area contributed by atoms with E-state index in [1.807, 2.05) is 41.3 Å². The third-order valence-corrected chi connectivity index (χ3v) is 8.07. The summed E-state index contributed by atoms with van der Waals surface area (Å²) in [6.45, 7) is 5.88. The van der Waals surface area contributed by atoms with Gasteiger partial charge in [-0.05, 0) is 48.9 Å². The van der Waals surface area contributed by atoms with Crippen LogP contribution < -0.4 is 4.31 Å². The Morgan fingerprint density at radius 1 is 0.857 bits per heavy atom. The van der Waals surface area contributed by atoms with Crippen LogP contribution in [-0.4, -0.2) is 63.4 Å². The van der Waals surface area contributed by atoms with Gasteiger partial charge in [0.25, 0.3) is 15.9 Å². The first-order valence-electron chi connectivity index (χ1n) is 11.9. The fourth-order valence-corrected chi connectivity index (χ4v) is 5.67. The molecule has 0 saturated carbocycles. The van der Waals surface area contributed by atoms with E-state index in [2.05, 4.69) is 29.2 Å². The lowest BCUT2D eigenvalue weighted by molar-refractivity contribution is 0.0650. The molecule has 182 valence electrons. The predicted octanol–water partition coefficient (Wildman–Crippen LogP) is 4.37. The van der Waals surface area contributed by atoms with Gasteiger partial charge in [-0.2, -0.15) is 0 Å². The van der Waals surface area contributed by atoms with Gasteiger partial charge in [-0.25, -0.2) is 8.42 Å². The minimum absolute atomic E-state index is 0.0659. The lowest BCUT2D eigenvalue weighted by atomic mass is 10.2. The second-order valence-electron chi connectivity index (χ2n) is 8.44. The molecule has 1 aliphatic rings. The molecule has 6 nitrogen and oxygen atoms in total. The molecule has 0 bridgehead atoms. The number of rotatable bonds is 8. The first-order chi connectivity index (χ1) is 17.0. The van der Waals surface area contributed by atoms with Gasteiger partial charge in [0, 0.05) is 44.8 Å². The van der Waals surface area contributed by atoms with E-state index in [1.54, 1.807) is 31.2 Å². The molecule has 1 saturated heterocycles. The maximum atomic E-state index is 13.2. The Kier molecular flexibility index (Phi) is 8.00. The highest BCUT2D eigenvalue weighted by Gasteiger charge is 2.25. The average molecular weight is 490 g/mol. The lowest BCUT2D eigenvalue weighted by Gasteiger charge is -2.34. The summed E-state index contributed by atoms with van der Waals surface area (Å²) in [7, 11) is -3.71. The number of sulfonamides is 1. The minimum atomic E-state index is -3.71. The summed E-state index contributed by atoms with van der Waals surface area (Å²) in [5, 5.41) is 0. The molecule has 3 aromatic carbocycles. The van der Waals surface area contributed by atoms with E-state index in [-0.39, 0.29) is 10.8 Å². The van der Waals surface area contributed by atoms with Crippen LogP contribution in [0.2, 0.25) is 0 Å². The smallest absolute Gasteiger partial charge is 0.264 e.